The first-order valence-corrected chi connectivity index (χ1v) is 10.5. The highest BCUT2D eigenvalue weighted by Gasteiger charge is 2.09. The van der Waals surface area contributed by atoms with Crippen molar-refractivity contribution in [2.24, 2.45) is 5.41 Å². The maximum atomic E-state index is 2.43. The fourth-order valence-electron chi connectivity index (χ4n) is 2.46. The van der Waals surface area contributed by atoms with E-state index >= 15 is 0 Å². The molecule has 0 aliphatic rings. The second kappa shape index (κ2) is 15.3. The van der Waals surface area contributed by atoms with E-state index in [1.165, 1.54) is 89.2 Å². The van der Waals surface area contributed by atoms with Crippen molar-refractivity contribution in [3.63, 3.8) is 0 Å². The third kappa shape index (κ3) is 20.4. The van der Waals surface area contributed by atoms with Gasteiger partial charge in [-0.05, 0) is 17.6 Å². The number of hydrogen-bond acceptors (Lipinski definition) is 1. The molecule has 0 spiro atoms. The van der Waals surface area contributed by atoms with Gasteiger partial charge in [0.25, 0.3) is 0 Å². The molecule has 0 rings (SSSR count). The summed E-state index contributed by atoms with van der Waals surface area (Å²) >= 11 is 2.02. The lowest BCUT2D eigenvalue weighted by Gasteiger charge is -2.16. The molecule has 0 aromatic rings. The lowest BCUT2D eigenvalue weighted by Crippen LogP contribution is -2.07. The minimum Gasteiger partial charge on any atom is -0.157 e. The zero-order valence-corrected chi connectivity index (χ0v) is 16.2. The highest BCUT2D eigenvalue weighted by atomic mass is 32.2. The molecule has 0 aromatic heterocycles. The van der Waals surface area contributed by atoms with Crippen LogP contribution in [0.3, 0.4) is 0 Å². The van der Waals surface area contributed by atoms with Gasteiger partial charge in [0, 0.05) is 5.75 Å². The van der Waals surface area contributed by atoms with Crippen LogP contribution in [0.4, 0.5) is 0 Å². The molecular formula is C20H41S. The molecule has 0 saturated carbocycles. The number of hydrogen-bond donors (Lipinski definition) is 0. The van der Waals surface area contributed by atoms with Gasteiger partial charge in [-0.1, -0.05) is 105 Å². The van der Waals surface area contributed by atoms with Crippen molar-refractivity contribution in [3.05, 3.63) is 5.75 Å². The van der Waals surface area contributed by atoms with Crippen LogP contribution in [0.2, 0.25) is 0 Å². The molecule has 0 amide bonds. The van der Waals surface area contributed by atoms with Crippen molar-refractivity contribution in [2.45, 2.75) is 111 Å². The first-order valence-electron chi connectivity index (χ1n) is 9.49. The largest absolute Gasteiger partial charge is 0.157 e. The van der Waals surface area contributed by atoms with Gasteiger partial charge in [0.15, 0.2) is 0 Å². The SMILES string of the molecule is CCCCCCCCCCCCCC[CH]SCC(C)(C)C. The molecule has 1 radical (unpaired) electrons. The molecule has 127 valence electrons. The van der Waals surface area contributed by atoms with Gasteiger partial charge >= 0.3 is 0 Å². The standard InChI is InChI=1S/C20H41S/c1-5-6-7-8-9-10-11-12-13-14-15-16-17-18-21-19-20(2,3)4/h18H,5-17,19H2,1-4H3. The van der Waals surface area contributed by atoms with Crippen LogP contribution >= 0.6 is 11.8 Å². The third-order valence-electron chi connectivity index (χ3n) is 3.81. The summed E-state index contributed by atoms with van der Waals surface area (Å²) in [5, 5.41) is 0. The summed E-state index contributed by atoms with van der Waals surface area (Å²) in [6, 6.07) is 0. The molecule has 21 heavy (non-hydrogen) atoms. The smallest absolute Gasteiger partial charge is 0.0166 e. The topological polar surface area (TPSA) is 0 Å². The summed E-state index contributed by atoms with van der Waals surface area (Å²) in [6.45, 7) is 9.24. The van der Waals surface area contributed by atoms with Crippen LogP contribution in [0, 0.1) is 11.2 Å². The Labute approximate surface area is 140 Å². The van der Waals surface area contributed by atoms with E-state index in [-0.39, 0.29) is 0 Å². The highest BCUT2D eigenvalue weighted by Crippen LogP contribution is 2.24. The van der Waals surface area contributed by atoms with Crippen LogP contribution in [0.1, 0.15) is 111 Å². The van der Waals surface area contributed by atoms with Gasteiger partial charge in [0.05, 0.1) is 0 Å². The Morgan fingerprint density at radius 2 is 1.10 bits per heavy atom. The zero-order chi connectivity index (χ0) is 15.8. The Balaban J connectivity index is 3.00. The molecule has 0 atom stereocenters. The van der Waals surface area contributed by atoms with Gasteiger partial charge < -0.3 is 0 Å². The predicted octanol–water partition coefficient (Wildman–Crippen LogP) is 8.02. The molecule has 0 aliphatic heterocycles. The van der Waals surface area contributed by atoms with Crippen LogP contribution in [0.15, 0.2) is 0 Å². The van der Waals surface area contributed by atoms with Gasteiger partial charge in [0.1, 0.15) is 0 Å². The predicted molar refractivity (Wildman–Crippen MR) is 102 cm³/mol. The van der Waals surface area contributed by atoms with Crippen molar-refractivity contribution in [2.75, 3.05) is 5.75 Å². The van der Waals surface area contributed by atoms with Gasteiger partial charge in [-0.2, -0.15) is 11.8 Å². The summed E-state index contributed by atoms with van der Waals surface area (Å²) in [4.78, 5) is 0. The molecule has 0 aliphatic carbocycles. The second-order valence-electron chi connectivity index (χ2n) is 7.72. The van der Waals surface area contributed by atoms with Crippen LogP contribution in [-0.2, 0) is 0 Å². The average molecular weight is 314 g/mol. The van der Waals surface area contributed by atoms with E-state index in [2.05, 4.69) is 33.4 Å². The van der Waals surface area contributed by atoms with Crippen molar-refractivity contribution in [1.82, 2.24) is 0 Å². The van der Waals surface area contributed by atoms with Crippen molar-refractivity contribution in [1.29, 1.82) is 0 Å². The van der Waals surface area contributed by atoms with Crippen LogP contribution < -0.4 is 0 Å². The fraction of sp³-hybridized carbons (Fsp3) is 0.950. The molecule has 0 nitrogen and oxygen atoms in total. The summed E-state index contributed by atoms with van der Waals surface area (Å²) in [7, 11) is 0. The van der Waals surface area contributed by atoms with E-state index in [0.29, 0.717) is 5.41 Å². The van der Waals surface area contributed by atoms with Crippen LogP contribution in [0.25, 0.3) is 0 Å². The summed E-state index contributed by atoms with van der Waals surface area (Å²) < 4.78 is 0. The molecule has 1 heteroatoms. The molecule has 0 N–H and O–H groups in total. The Morgan fingerprint density at radius 3 is 1.52 bits per heavy atom. The molecule has 0 saturated heterocycles. The molecule has 0 fully saturated rings. The third-order valence-corrected chi connectivity index (χ3v) is 5.31. The lowest BCUT2D eigenvalue weighted by molar-refractivity contribution is 0.481. The quantitative estimate of drug-likeness (QED) is 0.276. The fourth-order valence-corrected chi connectivity index (χ4v) is 3.41. The number of rotatable bonds is 15. The van der Waals surface area contributed by atoms with Crippen molar-refractivity contribution >= 4 is 11.8 Å². The Kier molecular flexibility index (Phi) is 15.5. The maximum absolute atomic E-state index is 2.43. The first-order chi connectivity index (χ1) is 10.1. The van der Waals surface area contributed by atoms with Crippen LogP contribution in [-0.4, -0.2) is 5.75 Å². The lowest BCUT2D eigenvalue weighted by atomic mass is 10.0. The van der Waals surface area contributed by atoms with E-state index < -0.39 is 0 Å². The van der Waals surface area contributed by atoms with E-state index in [4.69, 9.17) is 0 Å². The Hall–Kier alpha value is 0.350. The van der Waals surface area contributed by atoms with E-state index in [1.807, 2.05) is 11.8 Å². The van der Waals surface area contributed by atoms with E-state index in [1.54, 1.807) is 0 Å². The Bertz CT molecular complexity index is 193. The zero-order valence-electron chi connectivity index (χ0n) is 15.4. The first kappa shape index (κ1) is 21.4. The summed E-state index contributed by atoms with van der Waals surface area (Å²) in [6.07, 6.45) is 18.7. The maximum Gasteiger partial charge on any atom is 0.0166 e. The molecule has 0 unspecified atom stereocenters. The van der Waals surface area contributed by atoms with Crippen LogP contribution in [0.5, 0.6) is 0 Å². The van der Waals surface area contributed by atoms with Crippen molar-refractivity contribution < 1.29 is 0 Å². The van der Waals surface area contributed by atoms with Gasteiger partial charge in [-0.3, -0.25) is 0 Å². The van der Waals surface area contributed by atoms with E-state index in [0.717, 1.165) is 0 Å². The minimum atomic E-state index is 0.470. The average Bonchev–Trinajstić information content (AvgIpc) is 2.42. The Morgan fingerprint density at radius 1 is 0.667 bits per heavy atom. The van der Waals surface area contributed by atoms with Gasteiger partial charge in [-0.25, -0.2) is 0 Å². The monoisotopic (exact) mass is 313 g/mol. The molecule has 0 heterocycles. The number of thioether (sulfide) groups is 1. The molecular weight excluding hydrogens is 272 g/mol. The minimum absolute atomic E-state index is 0.470. The van der Waals surface area contributed by atoms with Crippen molar-refractivity contribution in [3.8, 4) is 0 Å². The molecule has 0 aromatic carbocycles. The van der Waals surface area contributed by atoms with Gasteiger partial charge in [-0.15, -0.1) is 0 Å². The van der Waals surface area contributed by atoms with E-state index in [9.17, 15) is 0 Å². The van der Waals surface area contributed by atoms with Gasteiger partial charge in [0.2, 0.25) is 0 Å². The number of unbranched alkanes of at least 4 members (excludes halogenated alkanes) is 12. The highest BCUT2D eigenvalue weighted by molar-refractivity contribution is 8.01. The summed E-state index contributed by atoms with van der Waals surface area (Å²) in [5.74, 6) is 3.69. The normalized spacial score (nSPS) is 12.0. The molecule has 0 bridgehead atoms. The second-order valence-corrected chi connectivity index (χ2v) is 8.67. The summed E-state index contributed by atoms with van der Waals surface area (Å²) in [5.41, 5.74) is 0.470.